The Bertz CT molecular complexity index is 791. The monoisotopic (exact) mass is 416 g/mol. The molecule has 0 aliphatic rings. The molecule has 5 nitrogen and oxygen atoms in total. The fourth-order valence-electron chi connectivity index (χ4n) is 2.38. The molecule has 0 aliphatic heterocycles. The molecule has 136 valence electrons. The van der Waals surface area contributed by atoms with E-state index in [1.54, 1.807) is 24.3 Å². The van der Waals surface area contributed by atoms with Crippen molar-refractivity contribution in [1.82, 2.24) is 5.32 Å². The molecule has 26 heavy (non-hydrogen) atoms. The Morgan fingerprint density at radius 3 is 2.35 bits per heavy atom. The second-order valence-electron chi connectivity index (χ2n) is 5.90. The number of ketones is 1. The highest BCUT2D eigenvalue weighted by atomic mass is 79.9. The Morgan fingerprint density at radius 1 is 0.923 bits per heavy atom. The predicted octanol–water partition coefficient (Wildman–Crippen LogP) is 3.87. The minimum Gasteiger partial charge on any atom is -0.356 e. The fraction of sp³-hybridized carbons (Fsp3) is 0.250. The first-order valence-electron chi connectivity index (χ1n) is 8.36. The highest BCUT2D eigenvalue weighted by molar-refractivity contribution is 9.10. The quantitative estimate of drug-likeness (QED) is 0.641. The summed E-state index contributed by atoms with van der Waals surface area (Å²) < 4.78 is 0.949. The minimum absolute atomic E-state index is 0.0655. The Labute approximate surface area is 161 Å². The van der Waals surface area contributed by atoms with Crippen molar-refractivity contribution in [1.29, 1.82) is 0 Å². The maximum absolute atomic E-state index is 12.0. The number of aryl methyl sites for hydroxylation is 1. The van der Waals surface area contributed by atoms with Crippen LogP contribution in [0.5, 0.6) is 0 Å². The van der Waals surface area contributed by atoms with E-state index in [0.717, 1.165) is 15.7 Å². The molecule has 0 unspecified atom stereocenters. The molecule has 2 rings (SSSR count). The van der Waals surface area contributed by atoms with Gasteiger partial charge in [-0.05, 0) is 30.7 Å². The molecule has 0 spiro atoms. The van der Waals surface area contributed by atoms with E-state index in [1.807, 2.05) is 31.2 Å². The van der Waals surface area contributed by atoms with Crippen LogP contribution in [0.1, 0.15) is 35.2 Å². The van der Waals surface area contributed by atoms with Gasteiger partial charge in [-0.15, -0.1) is 0 Å². The van der Waals surface area contributed by atoms with Gasteiger partial charge in [-0.25, -0.2) is 0 Å². The van der Waals surface area contributed by atoms with Crippen LogP contribution in [0.4, 0.5) is 5.69 Å². The third kappa shape index (κ3) is 6.44. The van der Waals surface area contributed by atoms with Gasteiger partial charge in [0.05, 0.1) is 0 Å². The molecule has 6 heteroatoms. The predicted molar refractivity (Wildman–Crippen MR) is 105 cm³/mol. The Hall–Kier alpha value is -2.47. The normalized spacial score (nSPS) is 10.2. The molecule has 0 heterocycles. The van der Waals surface area contributed by atoms with E-state index in [0.29, 0.717) is 5.56 Å². The number of hydrogen-bond acceptors (Lipinski definition) is 3. The molecule has 2 aromatic carbocycles. The number of nitrogens with one attached hydrogen (secondary N) is 2. The average molecular weight is 417 g/mol. The largest absolute Gasteiger partial charge is 0.356 e. The van der Waals surface area contributed by atoms with Gasteiger partial charge in [-0.1, -0.05) is 46.3 Å². The van der Waals surface area contributed by atoms with Crippen molar-refractivity contribution in [2.75, 3.05) is 11.9 Å². The van der Waals surface area contributed by atoms with Crippen LogP contribution < -0.4 is 10.6 Å². The summed E-state index contributed by atoms with van der Waals surface area (Å²) in [6.07, 6.45) is 0.440. The molecule has 2 aromatic rings. The zero-order chi connectivity index (χ0) is 18.9. The van der Waals surface area contributed by atoms with E-state index in [-0.39, 0.29) is 43.4 Å². The summed E-state index contributed by atoms with van der Waals surface area (Å²) in [6.45, 7) is 2.14. The lowest BCUT2D eigenvalue weighted by molar-refractivity contribution is -0.121. The molecule has 0 radical (unpaired) electrons. The molecule has 0 bridgehead atoms. The third-order valence-corrected chi connectivity index (χ3v) is 4.30. The number of halogens is 1. The second kappa shape index (κ2) is 9.87. The van der Waals surface area contributed by atoms with Crippen LogP contribution in [0, 0.1) is 6.92 Å². The highest BCUT2D eigenvalue weighted by Crippen LogP contribution is 2.20. The van der Waals surface area contributed by atoms with Crippen LogP contribution in [0.25, 0.3) is 0 Å². The van der Waals surface area contributed by atoms with Gasteiger partial charge >= 0.3 is 0 Å². The maximum Gasteiger partial charge on any atom is 0.226 e. The molecule has 0 aliphatic carbocycles. The first kappa shape index (κ1) is 19.8. The van der Waals surface area contributed by atoms with Gasteiger partial charge in [0.1, 0.15) is 0 Å². The number of amides is 2. The number of benzene rings is 2. The van der Waals surface area contributed by atoms with Crippen LogP contribution in [0.15, 0.2) is 53.0 Å². The average Bonchev–Trinajstić information content (AvgIpc) is 2.63. The summed E-state index contributed by atoms with van der Waals surface area (Å²) >= 11 is 3.38. The molecule has 2 amide bonds. The highest BCUT2D eigenvalue weighted by Gasteiger charge is 2.10. The molecule has 2 N–H and O–H groups in total. The van der Waals surface area contributed by atoms with E-state index in [2.05, 4.69) is 26.6 Å². The van der Waals surface area contributed by atoms with Crippen molar-refractivity contribution >= 4 is 39.2 Å². The number of carbonyl (C=O) groups excluding carboxylic acids is 3. The molecule has 0 atom stereocenters. The molecule has 0 fully saturated rings. The summed E-state index contributed by atoms with van der Waals surface area (Å²) in [4.78, 5) is 35.7. The Kier molecular flexibility index (Phi) is 7.53. The third-order valence-electron chi connectivity index (χ3n) is 3.81. The number of carbonyl (C=O) groups is 3. The van der Waals surface area contributed by atoms with E-state index in [9.17, 15) is 14.4 Å². The standard InChI is InChI=1S/C20H21BrN2O3/c1-14-13-16(21)7-8-17(14)23-20(26)11-12-22-19(25)10-9-18(24)15-5-3-2-4-6-15/h2-8,13H,9-12H2,1H3,(H,22,25)(H,23,26). The van der Waals surface area contributed by atoms with Crippen LogP contribution in [-0.2, 0) is 9.59 Å². The van der Waals surface area contributed by atoms with Gasteiger partial charge in [0, 0.05) is 41.5 Å². The summed E-state index contributed by atoms with van der Waals surface area (Å²) in [5, 5.41) is 5.49. The van der Waals surface area contributed by atoms with Gasteiger partial charge < -0.3 is 10.6 Å². The van der Waals surface area contributed by atoms with Crippen molar-refractivity contribution in [3.8, 4) is 0 Å². The zero-order valence-electron chi connectivity index (χ0n) is 14.5. The molecular weight excluding hydrogens is 396 g/mol. The van der Waals surface area contributed by atoms with Crippen molar-refractivity contribution in [3.63, 3.8) is 0 Å². The van der Waals surface area contributed by atoms with Crippen LogP contribution in [0.2, 0.25) is 0 Å². The number of Topliss-reactive ketones (excluding diaryl/α,β-unsaturated/α-hetero) is 1. The van der Waals surface area contributed by atoms with E-state index in [4.69, 9.17) is 0 Å². The van der Waals surface area contributed by atoms with Gasteiger partial charge in [0.25, 0.3) is 0 Å². The zero-order valence-corrected chi connectivity index (χ0v) is 16.1. The molecule has 0 saturated heterocycles. The van der Waals surface area contributed by atoms with Gasteiger partial charge in [0.2, 0.25) is 11.8 Å². The smallest absolute Gasteiger partial charge is 0.226 e. The molecular formula is C20H21BrN2O3. The van der Waals surface area contributed by atoms with Crippen LogP contribution in [-0.4, -0.2) is 24.1 Å². The molecule has 0 saturated carbocycles. The number of hydrogen-bond donors (Lipinski definition) is 2. The number of anilines is 1. The summed E-state index contributed by atoms with van der Waals surface area (Å²) in [5.74, 6) is -0.470. The van der Waals surface area contributed by atoms with Gasteiger partial charge in [0.15, 0.2) is 5.78 Å². The lowest BCUT2D eigenvalue weighted by atomic mass is 10.1. The lowest BCUT2D eigenvalue weighted by Gasteiger charge is -2.09. The summed E-state index contributed by atoms with van der Waals surface area (Å²) in [6, 6.07) is 14.5. The van der Waals surface area contributed by atoms with E-state index >= 15 is 0 Å². The van der Waals surface area contributed by atoms with Crippen molar-refractivity contribution in [2.45, 2.75) is 26.2 Å². The summed E-state index contributed by atoms with van der Waals surface area (Å²) in [7, 11) is 0. The summed E-state index contributed by atoms with van der Waals surface area (Å²) in [5.41, 5.74) is 2.30. The second-order valence-corrected chi connectivity index (χ2v) is 6.81. The number of rotatable bonds is 8. The van der Waals surface area contributed by atoms with Gasteiger partial charge in [-0.2, -0.15) is 0 Å². The minimum atomic E-state index is -0.234. The van der Waals surface area contributed by atoms with E-state index < -0.39 is 0 Å². The van der Waals surface area contributed by atoms with Crippen molar-refractivity contribution in [3.05, 3.63) is 64.1 Å². The van der Waals surface area contributed by atoms with Crippen LogP contribution >= 0.6 is 15.9 Å². The maximum atomic E-state index is 12.0. The van der Waals surface area contributed by atoms with E-state index in [1.165, 1.54) is 0 Å². The van der Waals surface area contributed by atoms with Crippen molar-refractivity contribution < 1.29 is 14.4 Å². The van der Waals surface area contributed by atoms with Gasteiger partial charge in [-0.3, -0.25) is 14.4 Å². The first-order chi connectivity index (χ1) is 12.5. The van der Waals surface area contributed by atoms with Crippen molar-refractivity contribution in [2.24, 2.45) is 0 Å². The molecule has 0 aromatic heterocycles. The lowest BCUT2D eigenvalue weighted by Crippen LogP contribution is -2.28. The first-order valence-corrected chi connectivity index (χ1v) is 9.16. The SMILES string of the molecule is Cc1cc(Br)ccc1NC(=O)CCNC(=O)CCC(=O)c1ccccc1. The Balaban J connectivity index is 1.67. The Morgan fingerprint density at radius 2 is 1.65 bits per heavy atom. The van der Waals surface area contributed by atoms with Crippen LogP contribution in [0.3, 0.4) is 0 Å². The fourth-order valence-corrected chi connectivity index (χ4v) is 2.85. The topological polar surface area (TPSA) is 75.3 Å².